The first-order valence-corrected chi connectivity index (χ1v) is 7.15. The van der Waals surface area contributed by atoms with Crippen LogP contribution in [0.25, 0.3) is 10.8 Å². The van der Waals surface area contributed by atoms with E-state index in [0.717, 1.165) is 30.6 Å². The zero-order valence-electron chi connectivity index (χ0n) is 11.5. The number of fused-ring (bicyclic) bond motifs is 1. The van der Waals surface area contributed by atoms with Gasteiger partial charge in [0.05, 0.1) is 19.8 Å². The van der Waals surface area contributed by atoms with Gasteiger partial charge >= 0.3 is 0 Å². The SMILES string of the molecule is OC(COCC1CCOC1)c1ccc2ccccc2c1. The highest BCUT2D eigenvalue weighted by Gasteiger charge is 2.16. The molecule has 3 heteroatoms. The van der Waals surface area contributed by atoms with E-state index < -0.39 is 6.10 Å². The van der Waals surface area contributed by atoms with E-state index >= 15 is 0 Å². The molecule has 20 heavy (non-hydrogen) atoms. The van der Waals surface area contributed by atoms with Crippen molar-refractivity contribution >= 4 is 10.8 Å². The van der Waals surface area contributed by atoms with Gasteiger partial charge in [0.25, 0.3) is 0 Å². The molecule has 0 saturated carbocycles. The van der Waals surface area contributed by atoms with Crippen LogP contribution in [0.1, 0.15) is 18.1 Å². The number of hydrogen-bond acceptors (Lipinski definition) is 3. The van der Waals surface area contributed by atoms with Crippen molar-refractivity contribution in [2.75, 3.05) is 26.4 Å². The van der Waals surface area contributed by atoms with Crippen LogP contribution in [0, 0.1) is 5.92 Å². The van der Waals surface area contributed by atoms with Crippen molar-refractivity contribution in [3.8, 4) is 0 Å². The van der Waals surface area contributed by atoms with Crippen LogP contribution in [-0.2, 0) is 9.47 Å². The van der Waals surface area contributed by atoms with Gasteiger partial charge in [-0.2, -0.15) is 0 Å². The van der Waals surface area contributed by atoms with Crippen molar-refractivity contribution in [3.05, 3.63) is 48.0 Å². The van der Waals surface area contributed by atoms with Gasteiger partial charge < -0.3 is 14.6 Å². The first-order valence-electron chi connectivity index (χ1n) is 7.15. The summed E-state index contributed by atoms with van der Waals surface area (Å²) >= 11 is 0. The second kappa shape index (κ2) is 6.35. The highest BCUT2D eigenvalue weighted by molar-refractivity contribution is 5.83. The van der Waals surface area contributed by atoms with E-state index in [9.17, 15) is 5.11 Å². The zero-order chi connectivity index (χ0) is 13.8. The minimum Gasteiger partial charge on any atom is -0.386 e. The molecule has 1 saturated heterocycles. The molecule has 0 amide bonds. The van der Waals surface area contributed by atoms with Crippen molar-refractivity contribution in [1.29, 1.82) is 0 Å². The summed E-state index contributed by atoms with van der Waals surface area (Å²) in [5.41, 5.74) is 0.909. The lowest BCUT2D eigenvalue weighted by Gasteiger charge is -2.14. The van der Waals surface area contributed by atoms with Crippen molar-refractivity contribution in [1.82, 2.24) is 0 Å². The summed E-state index contributed by atoms with van der Waals surface area (Å²) in [6.45, 7) is 2.63. The van der Waals surface area contributed by atoms with Crippen LogP contribution in [0.5, 0.6) is 0 Å². The fourth-order valence-corrected chi connectivity index (χ4v) is 2.57. The highest BCUT2D eigenvalue weighted by Crippen LogP contribution is 2.21. The second-order valence-electron chi connectivity index (χ2n) is 5.39. The molecule has 106 valence electrons. The summed E-state index contributed by atoms with van der Waals surface area (Å²) in [5.74, 6) is 0.485. The molecule has 1 heterocycles. The lowest BCUT2D eigenvalue weighted by molar-refractivity contribution is 0.0185. The van der Waals surface area contributed by atoms with Gasteiger partial charge in [0, 0.05) is 12.5 Å². The summed E-state index contributed by atoms with van der Waals surface area (Å²) < 4.78 is 10.9. The minimum atomic E-state index is -0.568. The maximum absolute atomic E-state index is 10.2. The van der Waals surface area contributed by atoms with Crippen LogP contribution in [0.15, 0.2) is 42.5 Å². The Bertz CT molecular complexity index is 561. The molecule has 1 fully saturated rings. The van der Waals surface area contributed by atoms with Crippen LogP contribution in [-0.4, -0.2) is 31.5 Å². The molecule has 3 rings (SSSR count). The summed E-state index contributed by atoms with van der Waals surface area (Å²) in [5, 5.41) is 12.5. The van der Waals surface area contributed by atoms with Crippen molar-refractivity contribution in [2.45, 2.75) is 12.5 Å². The molecule has 1 N–H and O–H groups in total. The minimum absolute atomic E-state index is 0.342. The van der Waals surface area contributed by atoms with E-state index in [1.807, 2.05) is 30.3 Å². The lowest BCUT2D eigenvalue weighted by atomic mass is 10.0. The topological polar surface area (TPSA) is 38.7 Å². The quantitative estimate of drug-likeness (QED) is 0.909. The van der Waals surface area contributed by atoms with Gasteiger partial charge in [0.1, 0.15) is 6.10 Å². The Labute approximate surface area is 119 Å². The summed E-state index contributed by atoms with van der Waals surface area (Å²) in [6.07, 6.45) is 0.494. The number of benzene rings is 2. The molecule has 3 nitrogen and oxygen atoms in total. The van der Waals surface area contributed by atoms with Gasteiger partial charge in [-0.1, -0.05) is 36.4 Å². The molecule has 1 aliphatic rings. The largest absolute Gasteiger partial charge is 0.386 e. The third-order valence-corrected chi connectivity index (χ3v) is 3.81. The molecule has 0 radical (unpaired) electrons. The van der Waals surface area contributed by atoms with Gasteiger partial charge in [-0.05, 0) is 28.8 Å². The standard InChI is InChI=1S/C17H20O3/c18-17(12-20-11-13-7-8-19-10-13)16-6-5-14-3-1-2-4-15(14)9-16/h1-6,9,13,17-18H,7-8,10-12H2. The molecule has 2 atom stereocenters. The molecule has 0 aliphatic carbocycles. The number of rotatable bonds is 5. The van der Waals surface area contributed by atoms with E-state index in [2.05, 4.69) is 12.1 Å². The van der Waals surface area contributed by atoms with Crippen LogP contribution in [0.2, 0.25) is 0 Å². The second-order valence-corrected chi connectivity index (χ2v) is 5.39. The predicted molar refractivity (Wildman–Crippen MR) is 78.7 cm³/mol. The molecule has 2 aromatic carbocycles. The Kier molecular flexibility index (Phi) is 4.31. The Balaban J connectivity index is 1.58. The molecular formula is C17H20O3. The third-order valence-electron chi connectivity index (χ3n) is 3.81. The van der Waals surface area contributed by atoms with E-state index in [4.69, 9.17) is 9.47 Å². The highest BCUT2D eigenvalue weighted by atomic mass is 16.5. The van der Waals surface area contributed by atoms with E-state index in [1.165, 1.54) is 5.39 Å². The lowest BCUT2D eigenvalue weighted by Crippen LogP contribution is -2.14. The smallest absolute Gasteiger partial charge is 0.102 e. The average molecular weight is 272 g/mol. The van der Waals surface area contributed by atoms with E-state index in [0.29, 0.717) is 19.1 Å². The fourth-order valence-electron chi connectivity index (χ4n) is 2.57. The molecule has 2 unspecified atom stereocenters. The fraction of sp³-hybridized carbons (Fsp3) is 0.412. The van der Waals surface area contributed by atoms with Gasteiger partial charge in [-0.3, -0.25) is 0 Å². The van der Waals surface area contributed by atoms with Crippen LogP contribution in [0.4, 0.5) is 0 Å². The van der Waals surface area contributed by atoms with Crippen LogP contribution >= 0.6 is 0 Å². The average Bonchev–Trinajstić information content (AvgIpc) is 3.00. The van der Waals surface area contributed by atoms with Crippen molar-refractivity contribution in [2.24, 2.45) is 5.92 Å². The summed E-state index contributed by atoms with van der Waals surface area (Å²) in [6, 6.07) is 14.2. The maximum Gasteiger partial charge on any atom is 0.102 e. The summed E-state index contributed by atoms with van der Waals surface area (Å²) in [4.78, 5) is 0. The molecule has 0 aromatic heterocycles. The molecule has 1 aliphatic heterocycles. The normalized spacial score (nSPS) is 20.4. The Morgan fingerprint density at radius 1 is 1.20 bits per heavy atom. The van der Waals surface area contributed by atoms with Crippen LogP contribution < -0.4 is 0 Å². The van der Waals surface area contributed by atoms with E-state index in [1.54, 1.807) is 0 Å². The molecular weight excluding hydrogens is 252 g/mol. The maximum atomic E-state index is 10.2. The molecule has 2 aromatic rings. The molecule has 0 bridgehead atoms. The monoisotopic (exact) mass is 272 g/mol. The van der Waals surface area contributed by atoms with Crippen molar-refractivity contribution in [3.63, 3.8) is 0 Å². The van der Waals surface area contributed by atoms with Gasteiger partial charge in [-0.15, -0.1) is 0 Å². The Morgan fingerprint density at radius 3 is 2.85 bits per heavy atom. The van der Waals surface area contributed by atoms with Crippen LogP contribution in [0.3, 0.4) is 0 Å². The molecule has 0 spiro atoms. The van der Waals surface area contributed by atoms with Gasteiger partial charge in [0.15, 0.2) is 0 Å². The number of hydrogen-bond donors (Lipinski definition) is 1. The third kappa shape index (κ3) is 3.18. The summed E-state index contributed by atoms with van der Waals surface area (Å²) in [7, 11) is 0. The zero-order valence-corrected chi connectivity index (χ0v) is 11.5. The Morgan fingerprint density at radius 2 is 2.05 bits per heavy atom. The van der Waals surface area contributed by atoms with E-state index in [-0.39, 0.29) is 0 Å². The first kappa shape index (κ1) is 13.6. The number of ether oxygens (including phenoxy) is 2. The van der Waals surface area contributed by atoms with Crippen molar-refractivity contribution < 1.29 is 14.6 Å². The first-order chi connectivity index (χ1) is 9.83. The van der Waals surface area contributed by atoms with Gasteiger partial charge in [0.2, 0.25) is 0 Å². The number of aliphatic hydroxyl groups excluding tert-OH is 1. The Hall–Kier alpha value is -1.42. The number of aliphatic hydroxyl groups is 1. The predicted octanol–water partition coefficient (Wildman–Crippen LogP) is 2.93. The van der Waals surface area contributed by atoms with Gasteiger partial charge in [-0.25, -0.2) is 0 Å².